The number of hydrogen-bond donors (Lipinski definition) is 1. The third-order valence-electron chi connectivity index (χ3n) is 3.52. The number of amides is 1. The van der Waals surface area contributed by atoms with Crippen molar-refractivity contribution in [2.45, 2.75) is 38.6 Å². The molecule has 0 saturated carbocycles. The molecule has 0 unspecified atom stereocenters. The molecule has 104 valence electrons. The predicted molar refractivity (Wildman–Crippen MR) is 68.9 cm³/mol. The highest BCUT2D eigenvalue weighted by molar-refractivity contribution is 5.97. The van der Waals surface area contributed by atoms with Crippen molar-refractivity contribution < 1.29 is 14.7 Å². The van der Waals surface area contributed by atoms with Gasteiger partial charge in [0.05, 0.1) is 11.3 Å². The van der Waals surface area contributed by atoms with Crippen molar-refractivity contribution in [1.29, 1.82) is 0 Å². The molecule has 0 aliphatic carbocycles. The summed E-state index contributed by atoms with van der Waals surface area (Å²) in [6.45, 7) is 2.44. The van der Waals surface area contributed by atoms with Gasteiger partial charge in [0.15, 0.2) is 0 Å². The predicted octanol–water partition coefficient (Wildman–Crippen LogP) is 1.06. The molecule has 1 saturated heterocycles. The zero-order chi connectivity index (χ0) is 14.0. The summed E-state index contributed by atoms with van der Waals surface area (Å²) in [6.07, 6.45) is 4.58. The number of hydrogen-bond acceptors (Lipinski definition) is 3. The second-order valence-electron chi connectivity index (χ2n) is 4.87. The zero-order valence-electron chi connectivity index (χ0n) is 11.3. The summed E-state index contributed by atoms with van der Waals surface area (Å²) in [4.78, 5) is 25.2. The second-order valence-corrected chi connectivity index (χ2v) is 4.87. The van der Waals surface area contributed by atoms with E-state index in [0.29, 0.717) is 24.9 Å². The molecule has 0 aromatic carbocycles. The van der Waals surface area contributed by atoms with Crippen LogP contribution in [0.4, 0.5) is 0 Å². The Morgan fingerprint density at radius 3 is 2.84 bits per heavy atom. The lowest BCUT2D eigenvalue weighted by molar-refractivity contribution is -0.143. The molecule has 1 N–H and O–H groups in total. The van der Waals surface area contributed by atoms with Crippen molar-refractivity contribution in [2.24, 2.45) is 7.05 Å². The number of likely N-dealkylation sites (tertiary alicyclic amines) is 1. The van der Waals surface area contributed by atoms with Gasteiger partial charge in [-0.25, -0.2) is 4.79 Å². The first kappa shape index (κ1) is 13.6. The number of carbonyl (C=O) groups is 2. The summed E-state index contributed by atoms with van der Waals surface area (Å²) in [5.74, 6) is -1.13. The number of carbonyl (C=O) groups excluding carboxylic acids is 1. The van der Waals surface area contributed by atoms with Crippen LogP contribution in [-0.2, 0) is 18.3 Å². The van der Waals surface area contributed by atoms with Crippen molar-refractivity contribution in [3.8, 4) is 0 Å². The molecule has 1 aliphatic rings. The van der Waals surface area contributed by atoms with Crippen molar-refractivity contribution in [3.63, 3.8) is 0 Å². The Labute approximate surface area is 112 Å². The van der Waals surface area contributed by atoms with Gasteiger partial charge in [0, 0.05) is 19.8 Å². The standard InChI is InChI=1S/C13H19N3O3/c1-3-10-9(8-15(2)14-10)12(17)16-7-5-4-6-11(16)13(18)19/h8,11H,3-7H2,1-2H3,(H,18,19)/t11-/m0/s1. The minimum atomic E-state index is -0.921. The molecule has 1 atom stereocenters. The average molecular weight is 265 g/mol. The molecule has 0 spiro atoms. The van der Waals surface area contributed by atoms with E-state index in [2.05, 4.69) is 5.10 Å². The van der Waals surface area contributed by atoms with Crippen LogP contribution in [0.1, 0.15) is 42.2 Å². The van der Waals surface area contributed by atoms with Crippen LogP contribution < -0.4 is 0 Å². The summed E-state index contributed by atoms with van der Waals surface area (Å²) >= 11 is 0. The SMILES string of the molecule is CCc1nn(C)cc1C(=O)N1CCCC[C@H]1C(=O)O. The molecule has 0 bridgehead atoms. The molecule has 6 heteroatoms. The summed E-state index contributed by atoms with van der Waals surface area (Å²) in [7, 11) is 1.76. The topological polar surface area (TPSA) is 75.4 Å². The largest absolute Gasteiger partial charge is 0.480 e. The zero-order valence-corrected chi connectivity index (χ0v) is 11.3. The number of piperidine rings is 1. The molecule has 0 radical (unpaired) electrons. The number of carboxylic acids is 1. The van der Waals surface area contributed by atoms with Crippen LogP contribution in [0.15, 0.2) is 6.20 Å². The van der Waals surface area contributed by atoms with Gasteiger partial charge in [-0.1, -0.05) is 6.92 Å². The van der Waals surface area contributed by atoms with Crippen LogP contribution in [0, 0.1) is 0 Å². The highest BCUT2D eigenvalue weighted by Gasteiger charge is 2.33. The summed E-state index contributed by atoms with van der Waals surface area (Å²) in [5, 5.41) is 13.5. The lowest BCUT2D eigenvalue weighted by Gasteiger charge is -2.32. The van der Waals surface area contributed by atoms with E-state index in [0.717, 1.165) is 18.5 Å². The molecule has 1 amide bonds. The van der Waals surface area contributed by atoms with E-state index in [-0.39, 0.29) is 5.91 Å². The quantitative estimate of drug-likeness (QED) is 0.886. The van der Waals surface area contributed by atoms with Gasteiger partial charge in [-0.15, -0.1) is 0 Å². The van der Waals surface area contributed by atoms with Crippen LogP contribution in [-0.4, -0.2) is 44.3 Å². The molecule has 1 fully saturated rings. The fraction of sp³-hybridized carbons (Fsp3) is 0.615. The molecular weight excluding hydrogens is 246 g/mol. The summed E-state index contributed by atoms with van der Waals surface area (Å²) < 4.78 is 1.60. The lowest BCUT2D eigenvalue weighted by Crippen LogP contribution is -2.48. The van der Waals surface area contributed by atoms with E-state index < -0.39 is 12.0 Å². The fourth-order valence-electron chi connectivity index (χ4n) is 2.56. The van der Waals surface area contributed by atoms with Gasteiger partial charge in [0.25, 0.3) is 5.91 Å². The molecule has 19 heavy (non-hydrogen) atoms. The normalized spacial score (nSPS) is 19.5. The van der Waals surface area contributed by atoms with Gasteiger partial charge in [-0.05, 0) is 25.7 Å². The maximum atomic E-state index is 12.5. The smallest absolute Gasteiger partial charge is 0.326 e. The van der Waals surface area contributed by atoms with Crippen LogP contribution in [0.5, 0.6) is 0 Å². The minimum absolute atomic E-state index is 0.211. The number of rotatable bonds is 3. The van der Waals surface area contributed by atoms with E-state index in [4.69, 9.17) is 0 Å². The van der Waals surface area contributed by atoms with Crippen molar-refractivity contribution >= 4 is 11.9 Å². The number of aliphatic carboxylic acids is 1. The Balaban J connectivity index is 2.28. The van der Waals surface area contributed by atoms with Gasteiger partial charge in [-0.3, -0.25) is 9.48 Å². The Bertz CT molecular complexity index is 495. The van der Waals surface area contributed by atoms with E-state index >= 15 is 0 Å². The third-order valence-corrected chi connectivity index (χ3v) is 3.52. The molecule has 1 aromatic heterocycles. The van der Waals surface area contributed by atoms with Gasteiger partial charge in [-0.2, -0.15) is 5.10 Å². The number of carboxylic acid groups (broad SMARTS) is 1. The minimum Gasteiger partial charge on any atom is -0.480 e. The molecule has 2 rings (SSSR count). The van der Waals surface area contributed by atoms with Gasteiger partial charge in [0.1, 0.15) is 6.04 Å². The van der Waals surface area contributed by atoms with Crippen LogP contribution >= 0.6 is 0 Å². The first-order valence-corrected chi connectivity index (χ1v) is 6.61. The monoisotopic (exact) mass is 265 g/mol. The second kappa shape index (κ2) is 5.42. The van der Waals surface area contributed by atoms with E-state index in [1.807, 2.05) is 6.92 Å². The lowest BCUT2D eigenvalue weighted by atomic mass is 10.0. The van der Waals surface area contributed by atoms with E-state index in [1.54, 1.807) is 17.9 Å². The van der Waals surface area contributed by atoms with E-state index in [1.165, 1.54) is 4.90 Å². The van der Waals surface area contributed by atoms with Crippen LogP contribution in [0.3, 0.4) is 0 Å². The Hall–Kier alpha value is -1.85. The number of nitrogens with zero attached hydrogens (tertiary/aromatic N) is 3. The maximum Gasteiger partial charge on any atom is 0.326 e. The van der Waals surface area contributed by atoms with E-state index in [9.17, 15) is 14.7 Å². The summed E-state index contributed by atoms with van der Waals surface area (Å²) in [5.41, 5.74) is 1.25. The van der Waals surface area contributed by atoms with Crippen LogP contribution in [0.25, 0.3) is 0 Å². The Morgan fingerprint density at radius 1 is 1.47 bits per heavy atom. The van der Waals surface area contributed by atoms with Crippen molar-refractivity contribution in [1.82, 2.24) is 14.7 Å². The van der Waals surface area contributed by atoms with Crippen molar-refractivity contribution in [2.75, 3.05) is 6.54 Å². The maximum absolute atomic E-state index is 12.5. The Morgan fingerprint density at radius 2 is 2.21 bits per heavy atom. The highest BCUT2D eigenvalue weighted by Crippen LogP contribution is 2.21. The number of aromatic nitrogens is 2. The van der Waals surface area contributed by atoms with Gasteiger partial charge < -0.3 is 10.0 Å². The average Bonchev–Trinajstić information content (AvgIpc) is 2.79. The molecule has 2 heterocycles. The Kier molecular flexibility index (Phi) is 3.87. The summed E-state index contributed by atoms with van der Waals surface area (Å²) in [6, 6.07) is -0.703. The van der Waals surface area contributed by atoms with Gasteiger partial charge in [0.2, 0.25) is 0 Å². The van der Waals surface area contributed by atoms with Gasteiger partial charge >= 0.3 is 5.97 Å². The van der Waals surface area contributed by atoms with Crippen molar-refractivity contribution in [3.05, 3.63) is 17.5 Å². The highest BCUT2D eigenvalue weighted by atomic mass is 16.4. The molecular formula is C13H19N3O3. The van der Waals surface area contributed by atoms with Crippen LogP contribution in [0.2, 0.25) is 0 Å². The fourth-order valence-corrected chi connectivity index (χ4v) is 2.56. The third kappa shape index (κ3) is 2.62. The molecule has 1 aliphatic heterocycles. The number of aryl methyl sites for hydroxylation is 2. The molecule has 6 nitrogen and oxygen atoms in total. The first-order chi connectivity index (χ1) is 9.04. The molecule has 1 aromatic rings. The first-order valence-electron chi connectivity index (χ1n) is 6.61.